The fraction of sp³-hybridized carbons (Fsp3) is 0.625. The molecule has 1 fully saturated rings. The van der Waals surface area contributed by atoms with Crippen LogP contribution in [0.2, 0.25) is 0 Å². The number of likely N-dealkylation sites (tertiary alicyclic amines) is 1. The van der Waals surface area contributed by atoms with E-state index in [0.717, 1.165) is 35.0 Å². The zero-order valence-corrected chi connectivity index (χ0v) is 13.5. The van der Waals surface area contributed by atoms with Crippen LogP contribution in [0.15, 0.2) is 6.08 Å². The van der Waals surface area contributed by atoms with Crippen LogP contribution in [0.3, 0.4) is 0 Å². The minimum Gasteiger partial charge on any atom is -0.478 e. The van der Waals surface area contributed by atoms with Crippen LogP contribution in [-0.4, -0.2) is 40.6 Å². The van der Waals surface area contributed by atoms with Crippen molar-refractivity contribution in [3.05, 3.63) is 21.7 Å². The van der Waals surface area contributed by atoms with Crippen LogP contribution in [0, 0.1) is 0 Å². The summed E-state index contributed by atoms with van der Waals surface area (Å²) in [5.41, 5.74) is 1.02. The number of aryl methyl sites for hydroxylation is 1. The molecule has 0 atom stereocenters. The Balaban J connectivity index is 1.95. The number of carbonyl (C=O) groups is 1. The summed E-state index contributed by atoms with van der Waals surface area (Å²) in [6.45, 7) is 5.54. The van der Waals surface area contributed by atoms with Gasteiger partial charge >= 0.3 is 5.97 Å². The van der Waals surface area contributed by atoms with Gasteiger partial charge in [0, 0.05) is 19.0 Å². The van der Waals surface area contributed by atoms with E-state index >= 15 is 0 Å². The highest BCUT2D eigenvalue weighted by atomic mass is 32.1. The van der Waals surface area contributed by atoms with Gasteiger partial charge in [0.05, 0.1) is 15.6 Å². The molecule has 0 aromatic carbocycles. The Morgan fingerprint density at radius 1 is 1.33 bits per heavy atom. The van der Waals surface area contributed by atoms with E-state index in [0.29, 0.717) is 0 Å². The lowest BCUT2D eigenvalue weighted by Gasteiger charge is -2.18. The first-order chi connectivity index (χ1) is 10.2. The normalized spacial score (nSPS) is 17.2. The predicted octanol–water partition coefficient (Wildman–Crippen LogP) is 3.22. The molecule has 1 aliphatic heterocycles. The summed E-state index contributed by atoms with van der Waals surface area (Å²) in [6, 6.07) is 0. The summed E-state index contributed by atoms with van der Waals surface area (Å²) in [7, 11) is 0. The lowest BCUT2D eigenvalue weighted by atomic mass is 10.2. The van der Waals surface area contributed by atoms with Crippen LogP contribution < -0.4 is 0 Å². The Morgan fingerprint density at radius 3 is 2.67 bits per heavy atom. The maximum Gasteiger partial charge on any atom is 0.328 e. The SMILES string of the molecule is CCc1nc(CCN2CCCCCC2)sc1/C=C/C(=O)O. The molecule has 1 saturated heterocycles. The smallest absolute Gasteiger partial charge is 0.328 e. The average molecular weight is 308 g/mol. The summed E-state index contributed by atoms with van der Waals surface area (Å²) in [5.74, 6) is -0.906. The molecule has 21 heavy (non-hydrogen) atoms. The summed E-state index contributed by atoms with van der Waals surface area (Å²) in [4.78, 5) is 18.8. The minimum absolute atomic E-state index is 0.847. The van der Waals surface area contributed by atoms with Crippen molar-refractivity contribution in [1.82, 2.24) is 9.88 Å². The van der Waals surface area contributed by atoms with Gasteiger partial charge in [-0.05, 0) is 38.4 Å². The molecule has 1 aromatic heterocycles. The minimum atomic E-state index is -0.906. The Hall–Kier alpha value is -1.20. The van der Waals surface area contributed by atoms with E-state index in [1.54, 1.807) is 17.4 Å². The van der Waals surface area contributed by atoms with Gasteiger partial charge in [0.25, 0.3) is 0 Å². The predicted molar refractivity (Wildman–Crippen MR) is 86.8 cm³/mol. The largest absolute Gasteiger partial charge is 0.478 e. The van der Waals surface area contributed by atoms with E-state index in [1.807, 2.05) is 0 Å². The summed E-state index contributed by atoms with van der Waals surface area (Å²) in [6.07, 6.45) is 10.0. The first kappa shape index (κ1) is 16.2. The number of thiazole rings is 1. The molecule has 1 aromatic rings. The van der Waals surface area contributed by atoms with Crippen molar-refractivity contribution >= 4 is 23.4 Å². The highest BCUT2D eigenvalue weighted by Crippen LogP contribution is 2.22. The topological polar surface area (TPSA) is 53.4 Å². The lowest BCUT2D eigenvalue weighted by Crippen LogP contribution is -2.26. The Morgan fingerprint density at radius 2 is 2.05 bits per heavy atom. The Kier molecular flexibility index (Phi) is 6.39. The van der Waals surface area contributed by atoms with E-state index in [2.05, 4.69) is 16.8 Å². The Labute approximate surface area is 130 Å². The van der Waals surface area contributed by atoms with Crippen molar-refractivity contribution in [1.29, 1.82) is 0 Å². The van der Waals surface area contributed by atoms with Crippen molar-refractivity contribution in [2.75, 3.05) is 19.6 Å². The van der Waals surface area contributed by atoms with Gasteiger partial charge in [-0.25, -0.2) is 9.78 Å². The number of carboxylic acids is 1. The molecule has 0 bridgehead atoms. The monoisotopic (exact) mass is 308 g/mol. The van der Waals surface area contributed by atoms with Crippen LogP contribution in [-0.2, 0) is 17.6 Å². The fourth-order valence-electron chi connectivity index (χ4n) is 2.67. The van der Waals surface area contributed by atoms with Crippen LogP contribution in [0.25, 0.3) is 6.08 Å². The first-order valence-corrected chi connectivity index (χ1v) is 8.62. The number of carboxylic acid groups (broad SMARTS) is 1. The number of rotatable bonds is 6. The fourth-order valence-corrected chi connectivity index (χ4v) is 3.71. The van der Waals surface area contributed by atoms with Gasteiger partial charge in [-0.3, -0.25) is 0 Å². The van der Waals surface area contributed by atoms with Crippen molar-refractivity contribution in [2.45, 2.75) is 45.4 Å². The van der Waals surface area contributed by atoms with Crippen molar-refractivity contribution in [3.63, 3.8) is 0 Å². The second-order valence-corrected chi connectivity index (χ2v) is 6.56. The molecule has 0 radical (unpaired) electrons. The molecule has 5 heteroatoms. The van der Waals surface area contributed by atoms with E-state index < -0.39 is 5.97 Å². The van der Waals surface area contributed by atoms with Gasteiger partial charge in [-0.15, -0.1) is 11.3 Å². The van der Waals surface area contributed by atoms with Gasteiger partial charge in [-0.2, -0.15) is 0 Å². The van der Waals surface area contributed by atoms with E-state index in [4.69, 9.17) is 5.11 Å². The zero-order chi connectivity index (χ0) is 15.1. The van der Waals surface area contributed by atoms with Gasteiger partial charge in [-0.1, -0.05) is 19.8 Å². The van der Waals surface area contributed by atoms with Crippen LogP contribution >= 0.6 is 11.3 Å². The molecular formula is C16H24N2O2S. The molecule has 0 saturated carbocycles. The van der Waals surface area contributed by atoms with Gasteiger partial charge in [0.2, 0.25) is 0 Å². The third-order valence-corrected chi connectivity index (χ3v) is 4.95. The number of aliphatic carboxylic acids is 1. The molecular weight excluding hydrogens is 284 g/mol. The second-order valence-electron chi connectivity index (χ2n) is 5.45. The van der Waals surface area contributed by atoms with Gasteiger partial charge in [0.15, 0.2) is 0 Å². The highest BCUT2D eigenvalue weighted by molar-refractivity contribution is 7.12. The molecule has 0 amide bonds. The molecule has 116 valence electrons. The van der Waals surface area contributed by atoms with Crippen molar-refractivity contribution in [3.8, 4) is 0 Å². The lowest BCUT2D eigenvalue weighted by molar-refractivity contribution is -0.131. The number of hydrogen-bond donors (Lipinski definition) is 1. The summed E-state index contributed by atoms with van der Waals surface area (Å²) < 4.78 is 0. The summed E-state index contributed by atoms with van der Waals surface area (Å²) >= 11 is 1.63. The molecule has 2 heterocycles. The van der Waals surface area contributed by atoms with Crippen molar-refractivity contribution in [2.24, 2.45) is 0 Å². The maximum atomic E-state index is 10.6. The molecule has 0 spiro atoms. The van der Waals surface area contributed by atoms with Gasteiger partial charge < -0.3 is 10.0 Å². The van der Waals surface area contributed by atoms with Crippen molar-refractivity contribution < 1.29 is 9.90 Å². The molecule has 4 nitrogen and oxygen atoms in total. The van der Waals surface area contributed by atoms with E-state index in [-0.39, 0.29) is 0 Å². The van der Waals surface area contributed by atoms with Crippen LogP contribution in [0.5, 0.6) is 0 Å². The second kappa shape index (κ2) is 8.29. The zero-order valence-electron chi connectivity index (χ0n) is 12.7. The van der Waals surface area contributed by atoms with E-state index in [1.165, 1.54) is 44.8 Å². The van der Waals surface area contributed by atoms with E-state index in [9.17, 15) is 4.79 Å². The number of nitrogens with zero attached hydrogens (tertiary/aromatic N) is 2. The molecule has 2 rings (SSSR count). The third kappa shape index (κ3) is 5.25. The molecule has 1 aliphatic rings. The Bertz CT molecular complexity index is 488. The van der Waals surface area contributed by atoms with Crippen LogP contribution in [0.4, 0.5) is 0 Å². The molecule has 0 unspecified atom stereocenters. The number of hydrogen-bond acceptors (Lipinski definition) is 4. The first-order valence-electron chi connectivity index (χ1n) is 7.81. The van der Waals surface area contributed by atoms with Gasteiger partial charge in [0.1, 0.15) is 0 Å². The summed E-state index contributed by atoms with van der Waals surface area (Å²) in [5, 5.41) is 9.86. The van der Waals surface area contributed by atoms with Crippen LogP contribution in [0.1, 0.15) is 48.2 Å². The average Bonchev–Trinajstić information content (AvgIpc) is 2.68. The standard InChI is InChI=1S/C16H24N2O2S/c1-2-13-14(7-8-16(19)20)21-15(17-13)9-12-18-10-5-3-4-6-11-18/h7-8H,2-6,9-12H2,1H3,(H,19,20)/b8-7+. The molecule has 0 aliphatic carbocycles. The number of aromatic nitrogens is 1. The highest BCUT2D eigenvalue weighted by Gasteiger charge is 2.12. The third-order valence-electron chi connectivity index (χ3n) is 3.82. The maximum absolute atomic E-state index is 10.6. The quantitative estimate of drug-likeness (QED) is 0.820. The molecule has 1 N–H and O–H groups in total.